The van der Waals surface area contributed by atoms with Crippen LogP contribution in [-0.2, 0) is 11.2 Å². The van der Waals surface area contributed by atoms with Crippen LogP contribution in [0, 0.1) is 13.0 Å². The van der Waals surface area contributed by atoms with Gasteiger partial charge >= 0.3 is 5.97 Å². The van der Waals surface area contributed by atoms with Crippen molar-refractivity contribution in [2.24, 2.45) is 0 Å². The van der Waals surface area contributed by atoms with Gasteiger partial charge in [0.05, 0.1) is 0 Å². The molecule has 0 saturated carbocycles. The summed E-state index contributed by atoms with van der Waals surface area (Å²) in [5.74, 6) is -0.753. The fraction of sp³-hybridized carbons (Fsp3) is 0.300. The zero-order valence-electron chi connectivity index (χ0n) is 7.00. The van der Waals surface area contributed by atoms with Gasteiger partial charge in [-0.2, -0.15) is 0 Å². The van der Waals surface area contributed by atoms with E-state index in [1.54, 1.807) is 0 Å². The smallest absolute Gasteiger partial charge is 0.303 e. The van der Waals surface area contributed by atoms with Crippen LogP contribution in [0.1, 0.15) is 17.5 Å². The van der Waals surface area contributed by atoms with Gasteiger partial charge in [-0.25, -0.2) is 0 Å². The molecule has 0 bridgehead atoms. The normalized spacial score (nSPS) is 9.75. The quantitative estimate of drug-likeness (QED) is 0.737. The summed E-state index contributed by atoms with van der Waals surface area (Å²) < 4.78 is 0. The Morgan fingerprint density at radius 1 is 1.58 bits per heavy atom. The number of rotatable bonds is 3. The van der Waals surface area contributed by atoms with Crippen LogP contribution in [0.3, 0.4) is 0 Å². The summed E-state index contributed by atoms with van der Waals surface area (Å²) in [5, 5.41) is 8.43. The number of carboxylic acid groups (broad SMARTS) is 1. The van der Waals surface area contributed by atoms with Gasteiger partial charge < -0.3 is 5.11 Å². The molecule has 63 valence electrons. The Kier molecular flexibility index (Phi) is 2.86. The highest BCUT2D eigenvalue weighted by Crippen LogP contribution is 2.05. The standard InChI is InChI=1S/C10H11O2/c1-8-3-2-4-9(7-8)5-6-10(11)12/h3-4,7H,5-6H2,1H3,(H,11,12). The minimum atomic E-state index is -0.753. The highest BCUT2D eigenvalue weighted by atomic mass is 16.4. The van der Waals surface area contributed by atoms with Crippen molar-refractivity contribution in [2.45, 2.75) is 19.8 Å². The summed E-state index contributed by atoms with van der Waals surface area (Å²) in [6.45, 7) is 1.97. The van der Waals surface area contributed by atoms with Crippen molar-refractivity contribution in [1.29, 1.82) is 0 Å². The number of benzene rings is 1. The third kappa shape index (κ3) is 2.74. The van der Waals surface area contributed by atoms with E-state index >= 15 is 0 Å². The van der Waals surface area contributed by atoms with E-state index in [1.807, 2.05) is 25.1 Å². The van der Waals surface area contributed by atoms with E-state index < -0.39 is 5.97 Å². The molecule has 0 atom stereocenters. The van der Waals surface area contributed by atoms with E-state index in [0.717, 1.165) is 11.1 Å². The Morgan fingerprint density at radius 3 is 2.92 bits per heavy atom. The Bertz CT molecular complexity index is 279. The molecule has 0 aliphatic rings. The molecular formula is C10H11O2. The van der Waals surface area contributed by atoms with Crippen molar-refractivity contribution >= 4 is 5.97 Å². The second kappa shape index (κ2) is 3.90. The SMILES string of the molecule is Cc1c[c]cc(CCC(=O)O)c1. The van der Waals surface area contributed by atoms with Gasteiger partial charge in [0, 0.05) is 6.42 Å². The van der Waals surface area contributed by atoms with E-state index in [0.29, 0.717) is 6.42 Å². The maximum Gasteiger partial charge on any atom is 0.303 e. The summed E-state index contributed by atoms with van der Waals surface area (Å²) in [6.07, 6.45) is 0.783. The molecule has 0 saturated heterocycles. The van der Waals surface area contributed by atoms with Crippen molar-refractivity contribution in [2.75, 3.05) is 0 Å². The van der Waals surface area contributed by atoms with Gasteiger partial charge in [0.2, 0.25) is 0 Å². The van der Waals surface area contributed by atoms with Crippen molar-refractivity contribution < 1.29 is 9.90 Å². The van der Waals surface area contributed by atoms with Crippen LogP contribution >= 0.6 is 0 Å². The van der Waals surface area contributed by atoms with Crippen LogP contribution in [0.15, 0.2) is 18.2 Å². The van der Waals surface area contributed by atoms with Gasteiger partial charge in [0.25, 0.3) is 0 Å². The van der Waals surface area contributed by atoms with Gasteiger partial charge in [0.1, 0.15) is 0 Å². The number of aliphatic carboxylic acids is 1. The van der Waals surface area contributed by atoms with Gasteiger partial charge in [0.15, 0.2) is 0 Å². The zero-order valence-corrected chi connectivity index (χ0v) is 7.00. The number of carboxylic acids is 1. The number of aryl methyl sites for hydroxylation is 2. The lowest BCUT2D eigenvalue weighted by molar-refractivity contribution is -0.136. The van der Waals surface area contributed by atoms with Crippen LogP contribution in [0.5, 0.6) is 0 Å². The largest absolute Gasteiger partial charge is 0.481 e. The maximum absolute atomic E-state index is 10.2. The first-order valence-electron chi connectivity index (χ1n) is 3.87. The average Bonchev–Trinajstić information content (AvgIpc) is 2.01. The molecule has 0 fully saturated rings. The molecule has 0 aliphatic heterocycles. The monoisotopic (exact) mass is 163 g/mol. The number of hydrogen-bond donors (Lipinski definition) is 1. The van der Waals surface area contributed by atoms with Gasteiger partial charge in [-0.1, -0.05) is 23.8 Å². The van der Waals surface area contributed by atoms with E-state index in [9.17, 15) is 4.79 Å². The van der Waals surface area contributed by atoms with E-state index in [2.05, 4.69) is 6.07 Å². The first-order valence-corrected chi connectivity index (χ1v) is 3.87. The topological polar surface area (TPSA) is 37.3 Å². The highest BCUT2D eigenvalue weighted by molar-refractivity contribution is 5.67. The average molecular weight is 163 g/mol. The lowest BCUT2D eigenvalue weighted by atomic mass is 10.1. The third-order valence-corrected chi connectivity index (χ3v) is 1.62. The highest BCUT2D eigenvalue weighted by Gasteiger charge is 1.98. The molecule has 1 N–H and O–H groups in total. The number of carbonyl (C=O) groups is 1. The first kappa shape index (κ1) is 8.78. The second-order valence-corrected chi connectivity index (χ2v) is 2.81. The van der Waals surface area contributed by atoms with Gasteiger partial charge in [-0.3, -0.25) is 4.79 Å². The maximum atomic E-state index is 10.2. The minimum absolute atomic E-state index is 0.192. The Labute approximate surface area is 71.8 Å². The first-order chi connectivity index (χ1) is 5.68. The molecule has 0 spiro atoms. The minimum Gasteiger partial charge on any atom is -0.481 e. The van der Waals surface area contributed by atoms with Gasteiger partial charge in [-0.05, 0) is 25.0 Å². The number of hydrogen-bond acceptors (Lipinski definition) is 1. The molecule has 2 nitrogen and oxygen atoms in total. The molecule has 0 amide bonds. The summed E-state index contributed by atoms with van der Waals surface area (Å²) in [5.41, 5.74) is 2.16. The van der Waals surface area contributed by atoms with E-state index in [4.69, 9.17) is 5.11 Å². The summed E-state index contributed by atoms with van der Waals surface area (Å²) in [4.78, 5) is 10.2. The molecule has 12 heavy (non-hydrogen) atoms. The Balaban J connectivity index is 2.57. The van der Waals surface area contributed by atoms with E-state index in [1.165, 1.54) is 0 Å². The molecule has 1 aromatic carbocycles. The summed E-state index contributed by atoms with van der Waals surface area (Å²) in [7, 11) is 0. The van der Waals surface area contributed by atoms with Crippen molar-refractivity contribution in [3.63, 3.8) is 0 Å². The van der Waals surface area contributed by atoms with Crippen LogP contribution in [0.2, 0.25) is 0 Å². The lowest BCUT2D eigenvalue weighted by Crippen LogP contribution is -1.97. The molecule has 0 heterocycles. The van der Waals surface area contributed by atoms with E-state index in [-0.39, 0.29) is 6.42 Å². The molecule has 0 aromatic heterocycles. The zero-order chi connectivity index (χ0) is 8.97. The van der Waals surface area contributed by atoms with Crippen LogP contribution < -0.4 is 0 Å². The molecule has 1 rings (SSSR count). The summed E-state index contributed by atoms with van der Waals surface area (Å²) >= 11 is 0. The van der Waals surface area contributed by atoms with Crippen molar-refractivity contribution in [1.82, 2.24) is 0 Å². The Hall–Kier alpha value is -1.31. The Morgan fingerprint density at radius 2 is 2.33 bits per heavy atom. The molecule has 1 radical (unpaired) electrons. The third-order valence-electron chi connectivity index (χ3n) is 1.62. The molecule has 2 heteroatoms. The fourth-order valence-corrected chi connectivity index (χ4v) is 1.05. The van der Waals surface area contributed by atoms with Crippen molar-refractivity contribution in [3.05, 3.63) is 35.4 Å². The van der Waals surface area contributed by atoms with Gasteiger partial charge in [-0.15, -0.1) is 0 Å². The van der Waals surface area contributed by atoms with Crippen molar-refractivity contribution in [3.8, 4) is 0 Å². The summed E-state index contributed by atoms with van der Waals surface area (Å²) in [6, 6.07) is 8.65. The molecular weight excluding hydrogens is 152 g/mol. The molecule has 0 aliphatic carbocycles. The molecule has 0 unspecified atom stereocenters. The molecule has 1 aromatic rings. The van der Waals surface area contributed by atoms with Crippen LogP contribution in [0.4, 0.5) is 0 Å². The predicted molar refractivity (Wildman–Crippen MR) is 46.0 cm³/mol. The fourth-order valence-electron chi connectivity index (χ4n) is 1.05. The predicted octanol–water partition coefficient (Wildman–Crippen LogP) is 1.81. The lowest BCUT2D eigenvalue weighted by Gasteiger charge is -1.98. The van der Waals surface area contributed by atoms with Crippen LogP contribution in [0.25, 0.3) is 0 Å². The van der Waals surface area contributed by atoms with Crippen LogP contribution in [-0.4, -0.2) is 11.1 Å². The second-order valence-electron chi connectivity index (χ2n) is 2.81.